The minimum atomic E-state index is -0.315. The van der Waals surface area contributed by atoms with Crippen molar-refractivity contribution in [1.82, 2.24) is 14.4 Å². The number of likely N-dealkylation sites (tertiary alicyclic amines) is 2. The van der Waals surface area contributed by atoms with Gasteiger partial charge >= 0.3 is 0 Å². The van der Waals surface area contributed by atoms with Gasteiger partial charge in [0.15, 0.2) is 11.6 Å². The average Bonchev–Trinajstić information content (AvgIpc) is 2.77. The number of para-hydroxylation sites is 1. The predicted molar refractivity (Wildman–Crippen MR) is 119 cm³/mol. The van der Waals surface area contributed by atoms with Crippen molar-refractivity contribution in [2.75, 3.05) is 26.2 Å². The molecule has 31 heavy (non-hydrogen) atoms. The Hall–Kier alpha value is -2.38. The second-order valence-corrected chi connectivity index (χ2v) is 8.14. The molecule has 2 fully saturated rings. The molecule has 1 aromatic carbocycles. The molecular weight excluding hydrogens is 421 g/mol. The summed E-state index contributed by atoms with van der Waals surface area (Å²) in [6.45, 7) is 3.15. The fourth-order valence-electron chi connectivity index (χ4n) is 4.44. The van der Waals surface area contributed by atoms with Crippen LogP contribution in [0, 0.1) is 5.82 Å². The van der Waals surface area contributed by atoms with Crippen molar-refractivity contribution in [2.24, 2.45) is 7.05 Å². The number of halogens is 2. The number of aromatic nitrogens is 1. The van der Waals surface area contributed by atoms with Crippen LogP contribution in [0.25, 0.3) is 0 Å². The number of hydrogen-bond donors (Lipinski definition) is 0. The number of nitrogens with zero attached hydrogens (tertiary/aromatic N) is 3. The van der Waals surface area contributed by atoms with E-state index < -0.39 is 0 Å². The zero-order valence-electron chi connectivity index (χ0n) is 17.7. The van der Waals surface area contributed by atoms with Crippen molar-refractivity contribution in [3.63, 3.8) is 0 Å². The van der Waals surface area contributed by atoms with Gasteiger partial charge in [-0.3, -0.25) is 14.5 Å². The van der Waals surface area contributed by atoms with Crippen LogP contribution in [0.1, 0.15) is 36.0 Å². The first-order valence-corrected chi connectivity index (χ1v) is 10.6. The van der Waals surface area contributed by atoms with Crippen molar-refractivity contribution in [3.05, 3.63) is 64.3 Å². The number of benzene rings is 1. The molecule has 1 amide bonds. The molecule has 2 aliphatic heterocycles. The molecule has 0 saturated carbocycles. The largest absolute Gasteiger partial charge is 0.487 e. The third-order valence-electron chi connectivity index (χ3n) is 6.23. The van der Waals surface area contributed by atoms with Crippen molar-refractivity contribution in [2.45, 2.75) is 37.8 Å². The van der Waals surface area contributed by atoms with Gasteiger partial charge in [0.05, 0.1) is 0 Å². The van der Waals surface area contributed by atoms with Crippen LogP contribution in [-0.4, -0.2) is 58.6 Å². The van der Waals surface area contributed by atoms with E-state index >= 15 is 0 Å². The van der Waals surface area contributed by atoms with Gasteiger partial charge in [0, 0.05) is 45.5 Å². The summed E-state index contributed by atoms with van der Waals surface area (Å²) in [5.74, 6) is -0.160. The van der Waals surface area contributed by atoms with Crippen molar-refractivity contribution >= 4 is 18.3 Å². The molecule has 2 aromatic rings. The fourth-order valence-corrected chi connectivity index (χ4v) is 4.44. The topological polar surface area (TPSA) is 54.8 Å². The lowest BCUT2D eigenvalue weighted by Gasteiger charge is -2.41. The number of ether oxygens (including phenoxy) is 1. The second kappa shape index (κ2) is 10.3. The third kappa shape index (κ3) is 5.28. The summed E-state index contributed by atoms with van der Waals surface area (Å²) in [6, 6.07) is 10.3. The average molecular weight is 450 g/mol. The van der Waals surface area contributed by atoms with Crippen LogP contribution in [0.3, 0.4) is 0 Å². The molecule has 8 heteroatoms. The third-order valence-corrected chi connectivity index (χ3v) is 6.23. The van der Waals surface area contributed by atoms with Crippen LogP contribution in [0.2, 0.25) is 0 Å². The lowest BCUT2D eigenvalue weighted by Crippen LogP contribution is -2.50. The van der Waals surface area contributed by atoms with Crippen LogP contribution in [0.15, 0.2) is 47.4 Å². The highest BCUT2D eigenvalue weighted by molar-refractivity contribution is 5.93. The number of carbonyl (C=O) groups is 1. The number of amides is 1. The van der Waals surface area contributed by atoms with Crippen LogP contribution >= 0.6 is 12.4 Å². The van der Waals surface area contributed by atoms with Crippen molar-refractivity contribution < 1.29 is 13.9 Å². The summed E-state index contributed by atoms with van der Waals surface area (Å²) >= 11 is 0. The van der Waals surface area contributed by atoms with E-state index in [-0.39, 0.29) is 41.4 Å². The molecule has 3 heterocycles. The van der Waals surface area contributed by atoms with E-state index in [2.05, 4.69) is 4.90 Å². The summed E-state index contributed by atoms with van der Waals surface area (Å²) < 4.78 is 21.1. The van der Waals surface area contributed by atoms with Gasteiger partial charge in [-0.15, -0.1) is 12.4 Å². The molecule has 0 bridgehead atoms. The van der Waals surface area contributed by atoms with Crippen LogP contribution in [-0.2, 0) is 7.05 Å². The quantitative estimate of drug-likeness (QED) is 0.719. The Morgan fingerprint density at radius 3 is 2.35 bits per heavy atom. The van der Waals surface area contributed by atoms with Crippen LogP contribution in [0.5, 0.6) is 5.75 Å². The number of aryl methyl sites for hydroxylation is 1. The maximum Gasteiger partial charge on any atom is 0.263 e. The van der Waals surface area contributed by atoms with E-state index in [0.29, 0.717) is 24.9 Å². The molecule has 0 atom stereocenters. The van der Waals surface area contributed by atoms with E-state index in [9.17, 15) is 14.0 Å². The zero-order valence-corrected chi connectivity index (χ0v) is 18.5. The Balaban J connectivity index is 0.00000272. The molecule has 1 aromatic heterocycles. The molecule has 0 spiro atoms. The first-order chi connectivity index (χ1) is 14.5. The van der Waals surface area contributed by atoms with Crippen LogP contribution < -0.4 is 10.3 Å². The smallest absolute Gasteiger partial charge is 0.263 e. The monoisotopic (exact) mass is 449 g/mol. The van der Waals surface area contributed by atoms with Gasteiger partial charge in [-0.1, -0.05) is 12.1 Å². The Morgan fingerprint density at radius 2 is 1.68 bits per heavy atom. The van der Waals surface area contributed by atoms with Crippen molar-refractivity contribution in [1.29, 1.82) is 0 Å². The maximum atomic E-state index is 13.8. The highest BCUT2D eigenvalue weighted by Gasteiger charge is 2.31. The second-order valence-electron chi connectivity index (χ2n) is 8.14. The minimum absolute atomic E-state index is 0. The number of pyridine rings is 1. The molecule has 0 N–H and O–H groups in total. The Morgan fingerprint density at radius 1 is 1.00 bits per heavy atom. The van der Waals surface area contributed by atoms with Gasteiger partial charge in [0.2, 0.25) is 0 Å². The highest BCUT2D eigenvalue weighted by Crippen LogP contribution is 2.25. The van der Waals surface area contributed by atoms with E-state index in [1.807, 2.05) is 0 Å². The van der Waals surface area contributed by atoms with Gasteiger partial charge in [-0.2, -0.15) is 0 Å². The maximum absolute atomic E-state index is 13.8. The SMILES string of the molecule is Cl.Cn1cccc(C(=O)N2CCC(N3CCC(Oc4ccccc4F)CC3)CC2)c1=O. The summed E-state index contributed by atoms with van der Waals surface area (Å²) in [5.41, 5.74) is -0.00824. The number of carbonyl (C=O) groups excluding carboxylic acids is 1. The standard InChI is InChI=1S/C23H28FN3O3.ClH/c1-25-12-4-5-19(22(25)28)23(29)27-13-8-17(9-14-27)26-15-10-18(11-16-26)30-21-7-3-2-6-20(21)24;/h2-7,12,17-18H,8-11,13-16H2,1H3;1H. The molecule has 0 unspecified atom stereocenters. The Labute approximate surface area is 188 Å². The highest BCUT2D eigenvalue weighted by atomic mass is 35.5. The normalized spacial score (nSPS) is 18.5. The summed E-state index contributed by atoms with van der Waals surface area (Å²) in [7, 11) is 1.66. The molecular formula is C23H29ClFN3O3. The molecule has 4 rings (SSSR count). The van der Waals surface area contributed by atoms with E-state index in [1.54, 1.807) is 48.5 Å². The lowest BCUT2D eigenvalue weighted by atomic mass is 9.98. The van der Waals surface area contributed by atoms with Gasteiger partial charge in [-0.05, 0) is 49.9 Å². The van der Waals surface area contributed by atoms with Crippen molar-refractivity contribution in [3.8, 4) is 5.75 Å². The molecule has 2 saturated heterocycles. The summed E-state index contributed by atoms with van der Waals surface area (Å²) in [6.07, 6.45) is 5.23. The molecule has 168 valence electrons. The van der Waals surface area contributed by atoms with E-state index in [1.165, 1.54) is 10.6 Å². The van der Waals surface area contributed by atoms with E-state index in [4.69, 9.17) is 4.74 Å². The summed E-state index contributed by atoms with van der Waals surface area (Å²) in [4.78, 5) is 29.2. The predicted octanol–water partition coefficient (Wildman–Crippen LogP) is 3.09. The molecule has 0 radical (unpaired) electrons. The number of hydrogen-bond acceptors (Lipinski definition) is 4. The van der Waals surface area contributed by atoms with Gasteiger partial charge in [0.25, 0.3) is 11.5 Å². The van der Waals surface area contributed by atoms with Crippen LogP contribution in [0.4, 0.5) is 4.39 Å². The van der Waals surface area contributed by atoms with Gasteiger partial charge < -0.3 is 14.2 Å². The summed E-state index contributed by atoms with van der Waals surface area (Å²) in [5, 5.41) is 0. The van der Waals surface area contributed by atoms with Gasteiger partial charge in [-0.25, -0.2) is 4.39 Å². The van der Waals surface area contributed by atoms with E-state index in [0.717, 1.165) is 38.8 Å². The van der Waals surface area contributed by atoms with Gasteiger partial charge in [0.1, 0.15) is 11.7 Å². The fraction of sp³-hybridized carbons (Fsp3) is 0.478. The molecule has 6 nitrogen and oxygen atoms in total. The first kappa shape index (κ1) is 23.3. The number of rotatable bonds is 4. The zero-order chi connectivity index (χ0) is 21.1. The minimum Gasteiger partial charge on any atom is -0.487 e. The number of piperidine rings is 2. The lowest BCUT2D eigenvalue weighted by molar-refractivity contribution is 0.0415. The Bertz CT molecular complexity index is 951. The Kier molecular flexibility index (Phi) is 7.73. The molecule has 2 aliphatic rings. The molecule has 0 aliphatic carbocycles. The first-order valence-electron chi connectivity index (χ1n) is 10.6.